The van der Waals surface area contributed by atoms with Gasteiger partial charge in [-0.15, -0.1) is 0 Å². The van der Waals surface area contributed by atoms with Gasteiger partial charge in [0, 0.05) is 18.1 Å². The van der Waals surface area contributed by atoms with Crippen molar-refractivity contribution in [3.8, 4) is 0 Å². The fraction of sp³-hybridized carbons (Fsp3) is 0.353. The minimum atomic E-state index is -0.345. The second-order valence-electron chi connectivity index (χ2n) is 5.92. The Hall–Kier alpha value is -2.63. The molecule has 1 amide bonds. The van der Waals surface area contributed by atoms with E-state index < -0.39 is 0 Å². The average molecular weight is 311 g/mol. The van der Waals surface area contributed by atoms with Crippen molar-refractivity contribution < 1.29 is 4.79 Å². The van der Waals surface area contributed by atoms with Crippen LogP contribution in [-0.4, -0.2) is 25.1 Å². The number of imidazole rings is 1. The molecule has 3 aromatic heterocycles. The molecule has 0 saturated heterocycles. The lowest BCUT2D eigenvalue weighted by Gasteiger charge is -2.13. The summed E-state index contributed by atoms with van der Waals surface area (Å²) >= 11 is 0. The first-order valence-corrected chi connectivity index (χ1v) is 7.69. The number of hydrogen-bond donors (Lipinski definition) is 1. The van der Waals surface area contributed by atoms with E-state index in [4.69, 9.17) is 0 Å². The molecule has 120 valence electrons. The Morgan fingerprint density at radius 2 is 2.13 bits per heavy atom. The zero-order chi connectivity index (χ0) is 16.6. The van der Waals surface area contributed by atoms with Gasteiger partial charge in [-0.05, 0) is 45.4 Å². The lowest BCUT2D eigenvalue weighted by Crippen LogP contribution is -2.31. The van der Waals surface area contributed by atoms with Gasteiger partial charge in [-0.3, -0.25) is 9.48 Å². The number of hydrogen-bond acceptors (Lipinski definition) is 3. The maximum absolute atomic E-state index is 12.4. The highest BCUT2D eigenvalue weighted by Gasteiger charge is 2.17. The Kier molecular flexibility index (Phi) is 3.90. The SMILES string of the molecule is Cc1cc(C)n([C@H](C)C(=O)NCc2cn3cccc(C)c3n2)n1. The lowest BCUT2D eigenvalue weighted by molar-refractivity contribution is -0.124. The monoisotopic (exact) mass is 311 g/mol. The van der Waals surface area contributed by atoms with E-state index in [0.29, 0.717) is 6.54 Å². The third-order valence-electron chi connectivity index (χ3n) is 3.96. The normalized spacial score (nSPS) is 12.5. The van der Waals surface area contributed by atoms with Crippen molar-refractivity contribution in [1.29, 1.82) is 0 Å². The van der Waals surface area contributed by atoms with E-state index in [0.717, 1.165) is 28.3 Å². The van der Waals surface area contributed by atoms with Gasteiger partial charge in [0.25, 0.3) is 0 Å². The van der Waals surface area contributed by atoms with Crippen LogP contribution in [0.5, 0.6) is 0 Å². The summed E-state index contributed by atoms with van der Waals surface area (Å²) in [5, 5.41) is 7.31. The molecule has 0 saturated carbocycles. The molecular formula is C17H21N5O. The van der Waals surface area contributed by atoms with Crippen LogP contribution in [0.25, 0.3) is 5.65 Å². The number of nitrogens with zero attached hydrogens (tertiary/aromatic N) is 4. The van der Waals surface area contributed by atoms with Gasteiger partial charge in [0.05, 0.1) is 17.9 Å². The average Bonchev–Trinajstić information content (AvgIpc) is 3.07. The second-order valence-corrected chi connectivity index (χ2v) is 5.92. The van der Waals surface area contributed by atoms with Crippen LogP contribution in [0, 0.1) is 20.8 Å². The third kappa shape index (κ3) is 2.97. The Labute approximate surface area is 135 Å². The van der Waals surface area contributed by atoms with Crippen molar-refractivity contribution in [2.24, 2.45) is 0 Å². The van der Waals surface area contributed by atoms with Gasteiger partial charge in [0.2, 0.25) is 5.91 Å². The number of pyridine rings is 1. The maximum Gasteiger partial charge on any atom is 0.244 e. The molecule has 0 bridgehead atoms. The van der Waals surface area contributed by atoms with E-state index in [9.17, 15) is 4.79 Å². The van der Waals surface area contributed by atoms with Crippen molar-refractivity contribution >= 4 is 11.6 Å². The largest absolute Gasteiger partial charge is 0.349 e. The van der Waals surface area contributed by atoms with Crippen molar-refractivity contribution in [1.82, 2.24) is 24.5 Å². The van der Waals surface area contributed by atoms with Crippen LogP contribution < -0.4 is 5.32 Å². The van der Waals surface area contributed by atoms with E-state index in [2.05, 4.69) is 15.4 Å². The minimum absolute atomic E-state index is 0.0648. The number of carbonyl (C=O) groups is 1. The van der Waals surface area contributed by atoms with Crippen LogP contribution in [-0.2, 0) is 11.3 Å². The van der Waals surface area contributed by atoms with Crippen LogP contribution in [0.1, 0.15) is 35.6 Å². The number of aryl methyl sites for hydroxylation is 3. The van der Waals surface area contributed by atoms with Gasteiger partial charge in [0.15, 0.2) is 0 Å². The number of fused-ring (bicyclic) bond motifs is 1. The number of aromatic nitrogens is 4. The van der Waals surface area contributed by atoms with Gasteiger partial charge < -0.3 is 9.72 Å². The summed E-state index contributed by atoms with van der Waals surface area (Å²) in [5.41, 5.74) is 4.77. The predicted molar refractivity (Wildman–Crippen MR) is 88.2 cm³/mol. The predicted octanol–water partition coefficient (Wildman–Crippen LogP) is 2.33. The quantitative estimate of drug-likeness (QED) is 0.804. The maximum atomic E-state index is 12.4. The molecule has 1 atom stereocenters. The summed E-state index contributed by atoms with van der Waals surface area (Å²) in [6, 6.07) is 5.63. The fourth-order valence-electron chi connectivity index (χ4n) is 2.76. The van der Waals surface area contributed by atoms with Crippen LogP contribution in [0.2, 0.25) is 0 Å². The highest BCUT2D eigenvalue weighted by atomic mass is 16.2. The highest BCUT2D eigenvalue weighted by Crippen LogP contribution is 2.12. The molecule has 6 heteroatoms. The van der Waals surface area contributed by atoms with Crippen LogP contribution in [0.15, 0.2) is 30.6 Å². The van der Waals surface area contributed by atoms with Gasteiger partial charge in [-0.1, -0.05) is 6.07 Å². The molecule has 0 aliphatic heterocycles. The van der Waals surface area contributed by atoms with Crippen LogP contribution in [0.3, 0.4) is 0 Å². The summed E-state index contributed by atoms with van der Waals surface area (Å²) in [4.78, 5) is 16.9. The molecule has 23 heavy (non-hydrogen) atoms. The third-order valence-corrected chi connectivity index (χ3v) is 3.96. The van der Waals surface area contributed by atoms with E-state index >= 15 is 0 Å². The molecular weight excluding hydrogens is 290 g/mol. The van der Waals surface area contributed by atoms with Crippen molar-refractivity contribution in [2.75, 3.05) is 0 Å². The first-order chi connectivity index (χ1) is 11.0. The number of amides is 1. The molecule has 0 spiro atoms. The van der Waals surface area contributed by atoms with E-state index in [1.54, 1.807) is 4.68 Å². The second kappa shape index (κ2) is 5.87. The van der Waals surface area contributed by atoms with Gasteiger partial charge in [-0.25, -0.2) is 4.98 Å². The minimum Gasteiger partial charge on any atom is -0.349 e. The van der Waals surface area contributed by atoms with Crippen LogP contribution in [0.4, 0.5) is 0 Å². The zero-order valence-corrected chi connectivity index (χ0v) is 13.9. The first kappa shape index (κ1) is 15.3. The smallest absolute Gasteiger partial charge is 0.244 e. The number of carbonyl (C=O) groups excluding carboxylic acids is 1. The summed E-state index contributed by atoms with van der Waals surface area (Å²) in [5.74, 6) is -0.0648. The Morgan fingerprint density at radius 1 is 1.35 bits per heavy atom. The molecule has 3 heterocycles. The van der Waals surface area contributed by atoms with E-state index in [1.807, 2.05) is 62.7 Å². The molecule has 0 unspecified atom stereocenters. The summed E-state index contributed by atoms with van der Waals surface area (Å²) < 4.78 is 3.72. The fourth-order valence-corrected chi connectivity index (χ4v) is 2.76. The highest BCUT2D eigenvalue weighted by molar-refractivity contribution is 5.79. The summed E-state index contributed by atoms with van der Waals surface area (Å²) in [6.45, 7) is 8.16. The Morgan fingerprint density at radius 3 is 2.78 bits per heavy atom. The Balaban J connectivity index is 1.70. The van der Waals surface area contributed by atoms with E-state index in [-0.39, 0.29) is 11.9 Å². The molecule has 1 N–H and O–H groups in total. The molecule has 0 aliphatic carbocycles. The molecule has 3 aromatic rings. The lowest BCUT2D eigenvalue weighted by atomic mass is 10.3. The van der Waals surface area contributed by atoms with Crippen molar-refractivity contribution in [3.05, 3.63) is 53.2 Å². The zero-order valence-electron chi connectivity index (χ0n) is 13.9. The van der Waals surface area contributed by atoms with Gasteiger partial charge in [-0.2, -0.15) is 5.10 Å². The van der Waals surface area contributed by atoms with Crippen LogP contribution >= 0.6 is 0 Å². The summed E-state index contributed by atoms with van der Waals surface area (Å²) in [7, 11) is 0. The molecule has 0 radical (unpaired) electrons. The Bertz CT molecular complexity index is 861. The summed E-state index contributed by atoms with van der Waals surface area (Å²) in [6.07, 6.45) is 3.90. The van der Waals surface area contributed by atoms with E-state index in [1.165, 1.54) is 0 Å². The number of nitrogens with one attached hydrogen (secondary N) is 1. The molecule has 0 fully saturated rings. The van der Waals surface area contributed by atoms with Gasteiger partial charge in [0.1, 0.15) is 11.7 Å². The molecule has 3 rings (SSSR count). The number of rotatable bonds is 4. The van der Waals surface area contributed by atoms with Crippen molar-refractivity contribution in [3.63, 3.8) is 0 Å². The van der Waals surface area contributed by atoms with Crippen molar-refractivity contribution in [2.45, 2.75) is 40.3 Å². The molecule has 0 aromatic carbocycles. The topological polar surface area (TPSA) is 64.2 Å². The molecule has 0 aliphatic rings. The molecule has 6 nitrogen and oxygen atoms in total. The first-order valence-electron chi connectivity index (χ1n) is 7.69. The van der Waals surface area contributed by atoms with Gasteiger partial charge >= 0.3 is 0 Å². The standard InChI is InChI=1S/C17H21N5O/c1-11-6-5-7-21-10-15(19-16(11)21)9-18-17(23)14(4)22-13(3)8-12(2)20-22/h5-8,10,14H,9H2,1-4H3,(H,18,23)/t14-/m1/s1.